The van der Waals surface area contributed by atoms with E-state index in [0.29, 0.717) is 0 Å². The van der Waals surface area contributed by atoms with E-state index in [9.17, 15) is 31.5 Å². The summed E-state index contributed by atoms with van der Waals surface area (Å²) in [6.07, 6.45) is -6.59. The van der Waals surface area contributed by atoms with Crippen LogP contribution in [0, 0.1) is 0 Å². The van der Waals surface area contributed by atoms with E-state index in [1.54, 1.807) is 0 Å². The van der Waals surface area contributed by atoms with Gasteiger partial charge in [-0.2, -0.15) is 13.2 Å². The number of hydrogen-bond acceptors (Lipinski definition) is 2. The molecule has 1 rings (SSSR count). The third kappa shape index (κ3) is 2.64. The molecule has 1 saturated heterocycles. The first-order chi connectivity index (χ1) is 7.57. The third-order valence-corrected chi connectivity index (χ3v) is 2.36. The van der Waals surface area contributed by atoms with Crippen LogP contribution in [0.25, 0.3) is 0 Å². The molecule has 0 aromatic rings. The molecule has 0 aromatic carbocycles. The number of carboxylic acid groups (broad SMARTS) is 1. The van der Waals surface area contributed by atoms with E-state index in [-0.39, 0.29) is 11.3 Å². The Hall–Kier alpha value is -1.41. The number of halogens is 5. The number of carbonyl (C=O) groups is 2. The molecule has 1 N–H and O–H groups in total. The fraction of sp³-hybridized carbons (Fsp3) is 0.750. The minimum atomic E-state index is -5.36. The molecule has 0 aromatic heterocycles. The van der Waals surface area contributed by atoms with Crippen LogP contribution in [0.1, 0.15) is 12.8 Å². The molecule has 9 heteroatoms. The predicted molar refractivity (Wildman–Crippen MR) is 43.4 cm³/mol. The highest BCUT2D eigenvalue weighted by Gasteiger charge is 2.56. The standard InChI is InChI=1S/C8H8F5NO3/c9-7(10)2-1-3-14(4(7)5(15)16)6(17)8(11,12)13/h4H,1-3H2,(H,15,16)/t4-/m0/s1. The van der Waals surface area contributed by atoms with Crippen LogP contribution in [0.5, 0.6) is 0 Å². The molecule has 17 heavy (non-hydrogen) atoms. The van der Waals surface area contributed by atoms with Gasteiger partial charge in [-0.15, -0.1) is 0 Å². The molecule has 0 spiro atoms. The summed E-state index contributed by atoms with van der Waals surface area (Å²) < 4.78 is 62.6. The van der Waals surface area contributed by atoms with Gasteiger partial charge in [-0.05, 0) is 6.42 Å². The molecule has 1 fully saturated rings. The second-order valence-corrected chi connectivity index (χ2v) is 3.60. The predicted octanol–water partition coefficient (Wildman–Crippen LogP) is 1.26. The van der Waals surface area contributed by atoms with Crippen LogP contribution < -0.4 is 0 Å². The van der Waals surface area contributed by atoms with Gasteiger partial charge in [-0.1, -0.05) is 0 Å². The number of alkyl halides is 5. The summed E-state index contributed by atoms with van der Waals surface area (Å²) in [4.78, 5) is 21.1. The van der Waals surface area contributed by atoms with Crippen LogP contribution in [-0.2, 0) is 9.59 Å². The van der Waals surface area contributed by atoms with E-state index in [4.69, 9.17) is 5.11 Å². The number of aliphatic carboxylic acids is 1. The number of likely N-dealkylation sites (tertiary alicyclic amines) is 1. The number of piperidine rings is 1. The largest absolute Gasteiger partial charge is 0.480 e. The first-order valence-electron chi connectivity index (χ1n) is 4.56. The molecule has 1 aliphatic rings. The highest BCUT2D eigenvalue weighted by Crippen LogP contribution is 2.35. The summed E-state index contributed by atoms with van der Waals surface area (Å²) in [6.45, 7) is -0.648. The topological polar surface area (TPSA) is 57.6 Å². The van der Waals surface area contributed by atoms with Gasteiger partial charge in [0, 0.05) is 13.0 Å². The molecule has 0 aliphatic carbocycles. The van der Waals surface area contributed by atoms with Crippen molar-refractivity contribution in [1.29, 1.82) is 0 Å². The molecule has 1 amide bonds. The van der Waals surface area contributed by atoms with Gasteiger partial charge in [-0.25, -0.2) is 13.6 Å². The minimum Gasteiger partial charge on any atom is -0.480 e. The van der Waals surface area contributed by atoms with Gasteiger partial charge in [-0.3, -0.25) is 4.79 Å². The van der Waals surface area contributed by atoms with Crippen molar-refractivity contribution in [3.8, 4) is 0 Å². The van der Waals surface area contributed by atoms with Crippen molar-refractivity contribution in [2.75, 3.05) is 6.54 Å². The number of amides is 1. The fourth-order valence-corrected chi connectivity index (χ4v) is 1.67. The van der Waals surface area contributed by atoms with E-state index < -0.39 is 43.0 Å². The lowest BCUT2D eigenvalue weighted by Crippen LogP contribution is -2.60. The van der Waals surface area contributed by atoms with Crippen molar-refractivity contribution in [2.45, 2.75) is 31.0 Å². The summed E-state index contributed by atoms with van der Waals surface area (Å²) in [5.41, 5.74) is 0. The number of carboxylic acids is 1. The second kappa shape index (κ2) is 4.11. The summed E-state index contributed by atoms with van der Waals surface area (Å²) in [6, 6.07) is -2.76. The normalized spacial score (nSPS) is 24.5. The van der Waals surface area contributed by atoms with E-state index in [0.717, 1.165) is 0 Å². The van der Waals surface area contributed by atoms with Crippen molar-refractivity contribution in [3.05, 3.63) is 0 Å². The molecule has 1 atom stereocenters. The molecule has 0 bridgehead atoms. The fourth-order valence-electron chi connectivity index (χ4n) is 1.67. The Labute approximate surface area is 92.0 Å². The Balaban J connectivity index is 3.05. The first-order valence-corrected chi connectivity index (χ1v) is 4.56. The van der Waals surface area contributed by atoms with Crippen LogP contribution in [0.2, 0.25) is 0 Å². The Morgan fingerprint density at radius 1 is 1.29 bits per heavy atom. The molecule has 0 saturated carbocycles. The molecule has 4 nitrogen and oxygen atoms in total. The monoisotopic (exact) mass is 261 g/mol. The minimum absolute atomic E-state index is 0.328. The van der Waals surface area contributed by atoms with Crippen LogP contribution in [0.4, 0.5) is 22.0 Å². The van der Waals surface area contributed by atoms with Gasteiger partial charge in [0.2, 0.25) is 0 Å². The number of carbonyl (C=O) groups excluding carboxylic acids is 1. The number of hydrogen-bond donors (Lipinski definition) is 1. The average molecular weight is 261 g/mol. The highest BCUT2D eigenvalue weighted by molar-refractivity contribution is 5.87. The zero-order valence-electron chi connectivity index (χ0n) is 8.30. The van der Waals surface area contributed by atoms with E-state index in [1.807, 2.05) is 0 Å². The quantitative estimate of drug-likeness (QED) is 0.723. The zero-order chi connectivity index (χ0) is 13.4. The van der Waals surface area contributed by atoms with Gasteiger partial charge in [0.1, 0.15) is 0 Å². The summed E-state index contributed by atoms with van der Waals surface area (Å²) in [7, 11) is 0. The second-order valence-electron chi connectivity index (χ2n) is 3.60. The molecular weight excluding hydrogens is 253 g/mol. The van der Waals surface area contributed by atoms with E-state index >= 15 is 0 Å². The number of rotatable bonds is 1. The van der Waals surface area contributed by atoms with Crippen molar-refractivity contribution in [2.24, 2.45) is 0 Å². The van der Waals surface area contributed by atoms with Crippen molar-refractivity contribution in [1.82, 2.24) is 4.90 Å². The average Bonchev–Trinajstić information content (AvgIpc) is 2.12. The van der Waals surface area contributed by atoms with Crippen LogP contribution >= 0.6 is 0 Å². The lowest BCUT2D eigenvalue weighted by molar-refractivity contribution is -0.204. The Morgan fingerprint density at radius 2 is 1.82 bits per heavy atom. The maximum Gasteiger partial charge on any atom is 0.471 e. The summed E-state index contributed by atoms with van der Waals surface area (Å²) >= 11 is 0. The molecule has 1 heterocycles. The molecule has 98 valence electrons. The lowest BCUT2D eigenvalue weighted by atomic mass is 9.97. The highest BCUT2D eigenvalue weighted by atomic mass is 19.4. The maximum absolute atomic E-state index is 13.2. The SMILES string of the molecule is O=C(O)[C@@H]1N(C(=O)C(F)(F)F)CCCC1(F)F. The van der Waals surface area contributed by atoms with Crippen LogP contribution in [0.3, 0.4) is 0 Å². The van der Waals surface area contributed by atoms with Crippen molar-refractivity contribution >= 4 is 11.9 Å². The molecular formula is C8H8F5NO3. The van der Waals surface area contributed by atoms with Crippen LogP contribution in [0.15, 0.2) is 0 Å². The Kier molecular flexibility index (Phi) is 3.30. The third-order valence-electron chi connectivity index (χ3n) is 2.36. The summed E-state index contributed by atoms with van der Waals surface area (Å²) in [5, 5.41) is 8.52. The first kappa shape index (κ1) is 13.7. The van der Waals surface area contributed by atoms with Crippen molar-refractivity contribution < 1.29 is 36.6 Å². The van der Waals surface area contributed by atoms with Gasteiger partial charge >= 0.3 is 18.1 Å². The van der Waals surface area contributed by atoms with Gasteiger partial charge in [0.05, 0.1) is 0 Å². The lowest BCUT2D eigenvalue weighted by Gasteiger charge is -2.38. The molecule has 0 radical (unpaired) electrons. The van der Waals surface area contributed by atoms with E-state index in [2.05, 4.69) is 0 Å². The number of nitrogens with zero attached hydrogens (tertiary/aromatic N) is 1. The maximum atomic E-state index is 13.2. The molecule has 1 aliphatic heterocycles. The van der Waals surface area contributed by atoms with Crippen LogP contribution in [-0.4, -0.2) is 46.6 Å². The van der Waals surface area contributed by atoms with Gasteiger partial charge < -0.3 is 10.0 Å². The van der Waals surface area contributed by atoms with Gasteiger partial charge in [0.25, 0.3) is 5.92 Å². The Morgan fingerprint density at radius 3 is 2.24 bits per heavy atom. The smallest absolute Gasteiger partial charge is 0.471 e. The zero-order valence-corrected chi connectivity index (χ0v) is 8.30. The summed E-state index contributed by atoms with van der Waals surface area (Å²) in [5.74, 6) is -8.55. The van der Waals surface area contributed by atoms with Crippen molar-refractivity contribution in [3.63, 3.8) is 0 Å². The Bertz CT molecular complexity index is 341. The van der Waals surface area contributed by atoms with Gasteiger partial charge in [0.15, 0.2) is 6.04 Å². The van der Waals surface area contributed by atoms with E-state index in [1.165, 1.54) is 0 Å². The molecule has 0 unspecified atom stereocenters.